The predicted molar refractivity (Wildman–Crippen MR) is 89.5 cm³/mol. The molecule has 0 heterocycles. The summed E-state index contributed by atoms with van der Waals surface area (Å²) >= 11 is 4.56. The number of benzene rings is 2. The molecule has 0 spiro atoms. The van der Waals surface area contributed by atoms with Crippen LogP contribution in [-0.2, 0) is 16.0 Å². The second-order valence-electron chi connectivity index (χ2n) is 4.76. The average Bonchev–Trinajstić information content (AvgIpc) is 2.53. The zero-order chi connectivity index (χ0) is 16.1. The first kappa shape index (κ1) is 16.8. The summed E-state index contributed by atoms with van der Waals surface area (Å²) in [5, 5.41) is 3.26. The van der Waals surface area contributed by atoms with E-state index in [1.807, 2.05) is 6.92 Å². The van der Waals surface area contributed by atoms with Crippen LogP contribution >= 0.6 is 11.6 Å². The Morgan fingerprint density at radius 2 is 1.91 bits per heavy atom. The highest BCUT2D eigenvalue weighted by Gasteiger charge is 2.17. The smallest absolute Gasteiger partial charge is 0.241 e. The van der Waals surface area contributed by atoms with Gasteiger partial charge in [0.1, 0.15) is 0 Å². The van der Waals surface area contributed by atoms with Crippen LogP contribution in [0.1, 0.15) is 13.3 Å². The number of carbonyl (C=O) groups excluding carboxylic acids is 1. The van der Waals surface area contributed by atoms with Crippen LogP contribution in [0.4, 0.5) is 5.69 Å². The van der Waals surface area contributed by atoms with E-state index in [0.717, 1.165) is 0 Å². The minimum atomic E-state index is -1.36. The normalized spacial score (nSPS) is 13.5. The first-order valence-electron chi connectivity index (χ1n) is 6.85. The van der Waals surface area contributed by atoms with E-state index >= 15 is 0 Å². The fourth-order valence-corrected chi connectivity index (χ4v) is 3.23. The molecule has 4 nitrogen and oxygen atoms in total. The Hall–Kier alpha value is -1.53. The van der Waals surface area contributed by atoms with Crippen molar-refractivity contribution in [3.8, 4) is 0 Å². The summed E-state index contributed by atoms with van der Waals surface area (Å²) in [7, 11) is 0. The van der Waals surface area contributed by atoms with Gasteiger partial charge in [-0.15, -0.1) is 0 Å². The van der Waals surface area contributed by atoms with Crippen LogP contribution in [0.2, 0.25) is 5.02 Å². The summed E-state index contributed by atoms with van der Waals surface area (Å²) in [6, 6.07) is 13.2. The molecular formula is C16H17ClN2O2S. The second kappa shape index (κ2) is 7.65. The van der Waals surface area contributed by atoms with Crippen molar-refractivity contribution in [2.45, 2.75) is 29.2 Å². The van der Waals surface area contributed by atoms with E-state index in [4.69, 9.17) is 17.3 Å². The van der Waals surface area contributed by atoms with E-state index in [1.54, 1.807) is 48.5 Å². The van der Waals surface area contributed by atoms with Crippen molar-refractivity contribution < 1.29 is 9.35 Å². The third-order valence-electron chi connectivity index (χ3n) is 3.10. The third-order valence-corrected chi connectivity index (χ3v) is 4.70. The molecule has 2 atom stereocenters. The first-order valence-corrected chi connectivity index (χ1v) is 8.38. The van der Waals surface area contributed by atoms with Crippen molar-refractivity contribution in [1.82, 2.24) is 0 Å². The lowest BCUT2D eigenvalue weighted by Crippen LogP contribution is -2.34. The zero-order valence-electron chi connectivity index (χ0n) is 12.1. The van der Waals surface area contributed by atoms with Gasteiger partial charge >= 0.3 is 0 Å². The molecule has 22 heavy (non-hydrogen) atoms. The predicted octanol–water partition coefficient (Wildman–Crippen LogP) is 3.18. The molecule has 2 aromatic rings. The highest BCUT2D eigenvalue weighted by atomic mass is 35.5. The molecule has 1 amide bonds. The second-order valence-corrected chi connectivity index (χ2v) is 6.67. The number of nitrogens with one attached hydrogen (secondary N) is 1. The minimum absolute atomic E-state index is 0.256. The molecule has 2 rings (SSSR count). The summed E-state index contributed by atoms with van der Waals surface area (Å²) in [5.74, 6) is -0.256. The van der Waals surface area contributed by atoms with Crippen LogP contribution in [0.25, 0.3) is 0 Å². The highest BCUT2D eigenvalue weighted by molar-refractivity contribution is 7.91. The molecule has 6 heteroatoms. The maximum atomic E-state index is 12.5. The van der Waals surface area contributed by atoms with Crippen LogP contribution < -0.4 is 11.1 Å². The SMILES string of the molecule is CCC(N)C(=O)Nc1cccc([S+]([O-])c2cccc(Cl)c2)c1. The highest BCUT2D eigenvalue weighted by Crippen LogP contribution is 2.25. The topological polar surface area (TPSA) is 78.2 Å². The Labute approximate surface area is 137 Å². The van der Waals surface area contributed by atoms with Gasteiger partial charge in [0.15, 0.2) is 9.79 Å². The Bertz CT molecular complexity index is 666. The summed E-state index contributed by atoms with van der Waals surface area (Å²) in [6.45, 7) is 1.84. The first-order chi connectivity index (χ1) is 10.5. The van der Waals surface area contributed by atoms with Gasteiger partial charge in [-0.05, 0) is 30.7 Å². The quantitative estimate of drug-likeness (QED) is 0.823. The molecule has 3 N–H and O–H groups in total. The van der Waals surface area contributed by atoms with Gasteiger partial charge in [-0.25, -0.2) is 0 Å². The Morgan fingerprint density at radius 3 is 2.55 bits per heavy atom. The van der Waals surface area contributed by atoms with Crippen molar-refractivity contribution in [2.24, 2.45) is 5.73 Å². The molecule has 2 aromatic carbocycles. The van der Waals surface area contributed by atoms with Crippen molar-refractivity contribution in [1.29, 1.82) is 0 Å². The molecule has 0 aliphatic rings. The van der Waals surface area contributed by atoms with Crippen LogP contribution in [-0.4, -0.2) is 16.5 Å². The Balaban J connectivity index is 2.19. The minimum Gasteiger partial charge on any atom is -0.606 e. The van der Waals surface area contributed by atoms with Crippen LogP contribution in [0.15, 0.2) is 58.3 Å². The summed E-state index contributed by atoms with van der Waals surface area (Å²) in [4.78, 5) is 13.0. The van der Waals surface area contributed by atoms with E-state index in [9.17, 15) is 9.35 Å². The summed E-state index contributed by atoms with van der Waals surface area (Å²) in [5.41, 5.74) is 6.25. The lowest BCUT2D eigenvalue weighted by Gasteiger charge is -2.13. The zero-order valence-corrected chi connectivity index (χ0v) is 13.7. The molecule has 0 aromatic heterocycles. The number of amides is 1. The maximum absolute atomic E-state index is 12.5. The van der Waals surface area contributed by atoms with E-state index < -0.39 is 17.2 Å². The molecule has 0 saturated heterocycles. The van der Waals surface area contributed by atoms with Crippen molar-refractivity contribution >= 4 is 34.4 Å². The Morgan fingerprint density at radius 1 is 1.27 bits per heavy atom. The van der Waals surface area contributed by atoms with Gasteiger partial charge in [-0.2, -0.15) is 0 Å². The van der Waals surface area contributed by atoms with E-state index in [-0.39, 0.29) is 5.91 Å². The van der Waals surface area contributed by atoms with Gasteiger partial charge < -0.3 is 15.6 Å². The Kier molecular flexibility index (Phi) is 5.85. The largest absolute Gasteiger partial charge is 0.606 e. The lowest BCUT2D eigenvalue weighted by molar-refractivity contribution is -0.117. The van der Waals surface area contributed by atoms with Gasteiger partial charge in [0.05, 0.1) is 6.04 Å². The molecule has 0 fully saturated rings. The molecule has 0 radical (unpaired) electrons. The number of hydrogen-bond donors (Lipinski definition) is 2. The van der Waals surface area contributed by atoms with Crippen LogP contribution in [0.3, 0.4) is 0 Å². The van der Waals surface area contributed by atoms with E-state index in [1.165, 1.54) is 0 Å². The van der Waals surface area contributed by atoms with Crippen molar-refractivity contribution in [3.05, 3.63) is 53.6 Å². The number of carbonyl (C=O) groups is 1. The van der Waals surface area contributed by atoms with Crippen LogP contribution in [0.5, 0.6) is 0 Å². The molecule has 0 saturated carbocycles. The molecule has 116 valence electrons. The number of halogens is 1. The molecular weight excluding hydrogens is 320 g/mol. The number of rotatable bonds is 5. The van der Waals surface area contributed by atoms with Gasteiger partial charge in [-0.3, -0.25) is 4.79 Å². The maximum Gasteiger partial charge on any atom is 0.241 e. The summed E-state index contributed by atoms with van der Waals surface area (Å²) < 4.78 is 12.5. The van der Waals surface area contributed by atoms with Gasteiger partial charge in [-0.1, -0.05) is 30.7 Å². The lowest BCUT2D eigenvalue weighted by atomic mass is 10.2. The van der Waals surface area contributed by atoms with Gasteiger partial charge in [0, 0.05) is 34.0 Å². The standard InChI is InChI=1S/C16H17ClN2O2S/c1-2-15(18)16(20)19-12-6-4-8-14(10-12)22(21)13-7-3-5-11(17)9-13/h3-10,15H,2,18H2,1H3,(H,19,20). The van der Waals surface area contributed by atoms with E-state index in [2.05, 4.69) is 5.32 Å². The average molecular weight is 337 g/mol. The monoisotopic (exact) mass is 336 g/mol. The summed E-state index contributed by atoms with van der Waals surface area (Å²) in [6.07, 6.45) is 0.556. The molecule has 0 bridgehead atoms. The number of anilines is 1. The van der Waals surface area contributed by atoms with Gasteiger partial charge in [0.2, 0.25) is 5.91 Å². The third kappa shape index (κ3) is 4.24. The van der Waals surface area contributed by atoms with Crippen molar-refractivity contribution in [2.75, 3.05) is 5.32 Å². The molecule has 0 aliphatic carbocycles. The van der Waals surface area contributed by atoms with Crippen LogP contribution in [0, 0.1) is 0 Å². The fraction of sp³-hybridized carbons (Fsp3) is 0.188. The van der Waals surface area contributed by atoms with E-state index in [0.29, 0.717) is 26.9 Å². The van der Waals surface area contributed by atoms with Crippen molar-refractivity contribution in [3.63, 3.8) is 0 Å². The molecule has 2 unspecified atom stereocenters. The number of hydrogen-bond acceptors (Lipinski definition) is 3. The molecule has 0 aliphatic heterocycles. The number of nitrogens with two attached hydrogens (primary N) is 1. The fourth-order valence-electron chi connectivity index (χ4n) is 1.83. The van der Waals surface area contributed by atoms with Gasteiger partial charge in [0.25, 0.3) is 0 Å².